The Bertz CT molecular complexity index is 1040. The molecule has 0 aliphatic heterocycles. The molecule has 1 aromatic heterocycles. The molecular formula is C16H11Cl2N3O5S. The van der Waals surface area contributed by atoms with Crippen molar-refractivity contribution in [2.24, 2.45) is 0 Å². The molecule has 0 aliphatic rings. The van der Waals surface area contributed by atoms with Crippen LogP contribution in [0.25, 0.3) is 10.2 Å². The van der Waals surface area contributed by atoms with Crippen molar-refractivity contribution in [3.05, 3.63) is 50.5 Å². The van der Waals surface area contributed by atoms with E-state index in [2.05, 4.69) is 10.3 Å². The molecule has 0 fully saturated rings. The van der Waals surface area contributed by atoms with Crippen molar-refractivity contribution in [3.63, 3.8) is 0 Å². The third-order valence-electron chi connectivity index (χ3n) is 3.37. The molecule has 8 nitrogen and oxygen atoms in total. The Morgan fingerprint density at radius 1 is 1.30 bits per heavy atom. The lowest BCUT2D eigenvalue weighted by atomic mass is 10.3. The van der Waals surface area contributed by atoms with Crippen LogP contribution in [0.2, 0.25) is 10.0 Å². The number of nitro benzene ring substituents is 1. The molecule has 0 radical (unpaired) electrons. The largest absolute Gasteiger partial charge is 0.494 e. The van der Waals surface area contributed by atoms with Crippen LogP contribution in [-0.2, 0) is 4.79 Å². The SMILES string of the molecule is COc1cc([N+](=O)[O-])cc2sc(NC(=O)COc3ccc(Cl)cc3Cl)nc12. The highest BCUT2D eigenvalue weighted by Crippen LogP contribution is 2.36. The van der Waals surface area contributed by atoms with Crippen molar-refractivity contribution >= 4 is 61.5 Å². The van der Waals surface area contributed by atoms with Crippen molar-refractivity contribution < 1.29 is 19.2 Å². The number of fused-ring (bicyclic) bond motifs is 1. The summed E-state index contributed by atoms with van der Waals surface area (Å²) >= 11 is 12.9. The molecule has 0 unspecified atom stereocenters. The smallest absolute Gasteiger partial charge is 0.274 e. The van der Waals surface area contributed by atoms with Gasteiger partial charge in [-0.05, 0) is 18.2 Å². The van der Waals surface area contributed by atoms with Gasteiger partial charge in [0.05, 0.1) is 27.8 Å². The third-order valence-corrected chi connectivity index (χ3v) is 4.82. The molecule has 2 aromatic carbocycles. The Hall–Kier alpha value is -2.62. The highest BCUT2D eigenvalue weighted by molar-refractivity contribution is 7.22. The molecule has 0 saturated carbocycles. The van der Waals surface area contributed by atoms with Crippen molar-refractivity contribution in [3.8, 4) is 11.5 Å². The minimum Gasteiger partial charge on any atom is -0.494 e. The molecule has 0 spiro atoms. The van der Waals surface area contributed by atoms with Crippen LogP contribution >= 0.6 is 34.5 Å². The highest BCUT2D eigenvalue weighted by atomic mass is 35.5. The monoisotopic (exact) mass is 427 g/mol. The van der Waals surface area contributed by atoms with Gasteiger partial charge < -0.3 is 9.47 Å². The zero-order chi connectivity index (χ0) is 19.6. The summed E-state index contributed by atoms with van der Waals surface area (Å²) in [5.74, 6) is 0.103. The second-order valence-electron chi connectivity index (χ2n) is 5.18. The normalized spacial score (nSPS) is 10.6. The predicted molar refractivity (Wildman–Crippen MR) is 103 cm³/mol. The first kappa shape index (κ1) is 19.2. The summed E-state index contributed by atoms with van der Waals surface area (Å²) in [6.07, 6.45) is 0. The van der Waals surface area contributed by atoms with Crippen LogP contribution in [-0.4, -0.2) is 29.5 Å². The molecule has 3 rings (SSSR count). The summed E-state index contributed by atoms with van der Waals surface area (Å²) in [6.45, 7) is -0.297. The van der Waals surface area contributed by atoms with Gasteiger partial charge in [0.2, 0.25) is 0 Å². The van der Waals surface area contributed by atoms with Gasteiger partial charge in [-0.3, -0.25) is 20.2 Å². The number of hydrogen-bond donors (Lipinski definition) is 1. The fraction of sp³-hybridized carbons (Fsp3) is 0.125. The zero-order valence-corrected chi connectivity index (χ0v) is 16.0. The van der Waals surface area contributed by atoms with Gasteiger partial charge in [0.1, 0.15) is 11.3 Å². The fourth-order valence-corrected chi connectivity index (χ4v) is 3.59. The van der Waals surface area contributed by atoms with Crippen molar-refractivity contribution in [2.45, 2.75) is 0 Å². The molecule has 0 atom stereocenters. The second-order valence-corrected chi connectivity index (χ2v) is 7.06. The summed E-state index contributed by atoms with van der Waals surface area (Å²) in [4.78, 5) is 26.8. The predicted octanol–water partition coefficient (Wildman–Crippen LogP) is 4.54. The maximum absolute atomic E-state index is 12.1. The number of thiazole rings is 1. The Morgan fingerprint density at radius 2 is 2.07 bits per heavy atom. The minimum absolute atomic E-state index is 0.124. The van der Waals surface area contributed by atoms with Crippen LogP contribution < -0.4 is 14.8 Å². The summed E-state index contributed by atoms with van der Waals surface area (Å²) in [7, 11) is 1.39. The van der Waals surface area contributed by atoms with E-state index in [1.165, 1.54) is 25.3 Å². The van der Waals surface area contributed by atoms with E-state index in [9.17, 15) is 14.9 Å². The van der Waals surface area contributed by atoms with E-state index in [4.69, 9.17) is 32.7 Å². The van der Waals surface area contributed by atoms with Crippen molar-refractivity contribution in [1.29, 1.82) is 0 Å². The molecule has 0 aliphatic carbocycles. The van der Waals surface area contributed by atoms with Crippen molar-refractivity contribution in [1.82, 2.24) is 4.98 Å². The average Bonchev–Trinajstić information content (AvgIpc) is 3.02. The zero-order valence-electron chi connectivity index (χ0n) is 13.7. The number of amides is 1. The van der Waals surface area contributed by atoms with Gasteiger partial charge in [-0.2, -0.15) is 0 Å². The Balaban J connectivity index is 1.74. The fourth-order valence-electron chi connectivity index (χ4n) is 2.19. The molecule has 1 heterocycles. The van der Waals surface area contributed by atoms with Gasteiger partial charge in [-0.1, -0.05) is 34.5 Å². The van der Waals surface area contributed by atoms with Crippen LogP contribution in [0.5, 0.6) is 11.5 Å². The number of ether oxygens (including phenoxy) is 2. The Labute approximate surface area is 166 Å². The van der Waals surface area contributed by atoms with E-state index in [-0.39, 0.29) is 28.2 Å². The van der Waals surface area contributed by atoms with Gasteiger partial charge in [0, 0.05) is 11.1 Å². The van der Waals surface area contributed by atoms with Gasteiger partial charge >= 0.3 is 0 Å². The Kier molecular flexibility index (Phi) is 5.64. The molecule has 140 valence electrons. The molecular weight excluding hydrogens is 417 g/mol. The molecule has 27 heavy (non-hydrogen) atoms. The van der Waals surface area contributed by atoms with E-state index in [0.717, 1.165) is 11.3 Å². The number of nitro groups is 1. The number of nitrogens with one attached hydrogen (secondary N) is 1. The number of anilines is 1. The van der Waals surface area contributed by atoms with Gasteiger partial charge in [-0.25, -0.2) is 4.98 Å². The van der Waals surface area contributed by atoms with Crippen LogP contribution in [0.4, 0.5) is 10.8 Å². The first-order valence-corrected chi connectivity index (χ1v) is 8.95. The van der Waals surface area contributed by atoms with E-state index in [1.54, 1.807) is 12.1 Å². The topological polar surface area (TPSA) is 104 Å². The average molecular weight is 428 g/mol. The first-order chi connectivity index (χ1) is 12.9. The van der Waals surface area contributed by atoms with Crippen molar-refractivity contribution in [2.75, 3.05) is 19.0 Å². The van der Waals surface area contributed by atoms with Gasteiger partial charge in [0.25, 0.3) is 11.6 Å². The van der Waals surface area contributed by atoms with Gasteiger partial charge in [-0.15, -0.1) is 0 Å². The summed E-state index contributed by atoms with van der Waals surface area (Å²) in [6, 6.07) is 7.30. The van der Waals surface area contributed by atoms with Crippen LogP contribution in [0.15, 0.2) is 30.3 Å². The number of carbonyl (C=O) groups excluding carboxylic acids is 1. The third kappa shape index (κ3) is 4.38. The van der Waals surface area contributed by atoms with Crippen LogP contribution in [0.1, 0.15) is 0 Å². The summed E-state index contributed by atoms with van der Waals surface area (Å²) in [5, 5.41) is 14.6. The standard InChI is InChI=1S/C16H11Cl2N3O5S/c1-25-12-5-9(21(23)24)6-13-15(12)20-16(27-13)19-14(22)7-26-11-3-2-8(17)4-10(11)18/h2-6H,7H2,1H3,(H,19,20,22). The number of aromatic nitrogens is 1. The molecule has 3 aromatic rings. The molecule has 1 N–H and O–H groups in total. The van der Waals surface area contributed by atoms with E-state index in [0.29, 0.717) is 21.0 Å². The number of rotatable bonds is 6. The lowest BCUT2D eigenvalue weighted by molar-refractivity contribution is -0.384. The highest BCUT2D eigenvalue weighted by Gasteiger charge is 2.17. The first-order valence-electron chi connectivity index (χ1n) is 7.38. The Morgan fingerprint density at radius 3 is 2.74 bits per heavy atom. The maximum Gasteiger partial charge on any atom is 0.274 e. The molecule has 1 amide bonds. The quantitative estimate of drug-likeness (QED) is 0.457. The molecule has 11 heteroatoms. The molecule has 0 saturated heterocycles. The van der Waals surface area contributed by atoms with E-state index >= 15 is 0 Å². The number of hydrogen-bond acceptors (Lipinski definition) is 7. The minimum atomic E-state index is -0.524. The van der Waals surface area contributed by atoms with Crippen LogP contribution in [0.3, 0.4) is 0 Å². The maximum atomic E-state index is 12.1. The number of carbonyl (C=O) groups is 1. The van der Waals surface area contributed by atoms with Crippen LogP contribution in [0, 0.1) is 10.1 Å². The summed E-state index contributed by atoms with van der Waals surface area (Å²) in [5.41, 5.74) is 0.298. The number of halogens is 2. The van der Waals surface area contributed by atoms with E-state index < -0.39 is 10.8 Å². The lowest BCUT2D eigenvalue weighted by Crippen LogP contribution is -2.20. The van der Waals surface area contributed by atoms with Gasteiger partial charge in [0.15, 0.2) is 17.5 Å². The lowest BCUT2D eigenvalue weighted by Gasteiger charge is -2.07. The summed E-state index contributed by atoms with van der Waals surface area (Å²) < 4.78 is 11.0. The van der Waals surface area contributed by atoms with E-state index in [1.807, 2.05) is 0 Å². The number of benzene rings is 2. The number of nitrogens with zero attached hydrogens (tertiary/aromatic N) is 2. The second kappa shape index (κ2) is 7.95. The number of methoxy groups -OCH3 is 1. The number of non-ortho nitro benzene ring substituents is 1. The molecule has 0 bridgehead atoms.